The molecule has 0 aliphatic carbocycles. The number of hydrogen-bond acceptors (Lipinski definition) is 4. The third kappa shape index (κ3) is 4.71. The largest absolute Gasteiger partial charge is 0.390 e. The van der Waals surface area contributed by atoms with Crippen LogP contribution in [0.25, 0.3) is 0 Å². The Morgan fingerprint density at radius 2 is 1.88 bits per heavy atom. The highest BCUT2D eigenvalue weighted by Crippen LogP contribution is 2.21. The second-order valence-electron chi connectivity index (χ2n) is 5.61. The summed E-state index contributed by atoms with van der Waals surface area (Å²) in [5.41, 5.74) is 2.26. The number of carbonyl (C=O) groups excluding carboxylic acids is 1. The van der Waals surface area contributed by atoms with E-state index in [1.165, 1.54) is 23.9 Å². The Bertz CT molecular complexity index is 866. The molecule has 0 fully saturated rings. The molecule has 3 aromatic rings. The van der Waals surface area contributed by atoms with Crippen LogP contribution in [0.5, 0.6) is 0 Å². The summed E-state index contributed by atoms with van der Waals surface area (Å²) in [5, 5.41) is 13.0. The van der Waals surface area contributed by atoms with Crippen molar-refractivity contribution in [3.8, 4) is 0 Å². The van der Waals surface area contributed by atoms with Gasteiger partial charge in [-0.2, -0.15) is 0 Å². The number of thioether (sulfide) groups is 1. The molecule has 0 spiro atoms. The van der Waals surface area contributed by atoms with Gasteiger partial charge < -0.3 is 15.0 Å². The third-order valence-electron chi connectivity index (χ3n) is 3.71. The van der Waals surface area contributed by atoms with Gasteiger partial charge in [-0.15, -0.1) is 0 Å². The minimum Gasteiger partial charge on any atom is -0.390 e. The van der Waals surface area contributed by atoms with E-state index < -0.39 is 0 Å². The molecule has 134 valence electrons. The highest BCUT2D eigenvalue weighted by Gasteiger charge is 2.13. The number of imidazole rings is 1. The molecule has 1 heterocycles. The summed E-state index contributed by atoms with van der Waals surface area (Å²) in [7, 11) is 0. The molecule has 5 nitrogen and oxygen atoms in total. The summed E-state index contributed by atoms with van der Waals surface area (Å²) in [6.45, 7) is 0.282. The van der Waals surface area contributed by atoms with E-state index in [9.17, 15) is 14.3 Å². The molecule has 3 rings (SSSR count). The molecule has 0 aliphatic heterocycles. The number of amides is 1. The van der Waals surface area contributed by atoms with Gasteiger partial charge in [-0.1, -0.05) is 42.1 Å². The Hall–Kier alpha value is -2.64. The van der Waals surface area contributed by atoms with Crippen LogP contribution in [-0.2, 0) is 17.9 Å². The Balaban J connectivity index is 1.67. The second kappa shape index (κ2) is 8.64. The van der Waals surface area contributed by atoms with Gasteiger partial charge in [0.2, 0.25) is 5.91 Å². The molecule has 1 aromatic heterocycles. The summed E-state index contributed by atoms with van der Waals surface area (Å²) >= 11 is 1.29. The number of nitrogens with one attached hydrogen (secondary N) is 1. The summed E-state index contributed by atoms with van der Waals surface area (Å²) in [6, 6.07) is 15.4. The molecular weight excluding hydrogens is 353 g/mol. The maximum atomic E-state index is 13.1. The van der Waals surface area contributed by atoms with E-state index in [0.717, 1.165) is 11.3 Å². The SMILES string of the molecule is O=C(CSc1ncc(CO)n1Cc1ccc(F)cc1)Nc1ccccc1. The number of para-hydroxylation sites is 1. The second-order valence-corrected chi connectivity index (χ2v) is 6.55. The summed E-state index contributed by atoms with van der Waals surface area (Å²) in [5.74, 6) is -0.239. The van der Waals surface area contributed by atoms with Crippen LogP contribution < -0.4 is 5.32 Å². The fourth-order valence-corrected chi connectivity index (χ4v) is 3.22. The molecule has 0 radical (unpaired) electrons. The number of benzene rings is 2. The lowest BCUT2D eigenvalue weighted by Crippen LogP contribution is -2.15. The minimum atomic E-state index is -0.297. The first-order chi connectivity index (χ1) is 12.7. The summed E-state index contributed by atoms with van der Waals surface area (Å²) in [6.07, 6.45) is 1.58. The molecular formula is C19H18FN3O2S. The summed E-state index contributed by atoms with van der Waals surface area (Å²) in [4.78, 5) is 16.4. The van der Waals surface area contributed by atoms with E-state index in [-0.39, 0.29) is 24.1 Å². The first-order valence-electron chi connectivity index (χ1n) is 8.03. The number of aromatic nitrogens is 2. The van der Waals surface area contributed by atoms with Crippen LogP contribution in [0.1, 0.15) is 11.3 Å². The zero-order valence-electron chi connectivity index (χ0n) is 13.9. The lowest BCUT2D eigenvalue weighted by atomic mass is 10.2. The van der Waals surface area contributed by atoms with Gasteiger partial charge in [-0.3, -0.25) is 4.79 Å². The first kappa shape index (κ1) is 18.2. The zero-order chi connectivity index (χ0) is 18.4. The molecule has 0 saturated heterocycles. The number of aliphatic hydroxyl groups is 1. The van der Waals surface area contributed by atoms with Crippen molar-refractivity contribution in [1.82, 2.24) is 9.55 Å². The third-order valence-corrected chi connectivity index (χ3v) is 4.70. The number of nitrogens with zero attached hydrogens (tertiary/aromatic N) is 2. The van der Waals surface area contributed by atoms with Crippen LogP contribution in [0.3, 0.4) is 0 Å². The molecule has 1 amide bonds. The lowest BCUT2D eigenvalue weighted by Gasteiger charge is -2.11. The Morgan fingerprint density at radius 1 is 1.15 bits per heavy atom. The summed E-state index contributed by atoms with van der Waals surface area (Å²) < 4.78 is 14.9. The van der Waals surface area contributed by atoms with E-state index >= 15 is 0 Å². The van der Waals surface area contributed by atoms with Crippen LogP contribution in [0.4, 0.5) is 10.1 Å². The highest BCUT2D eigenvalue weighted by molar-refractivity contribution is 7.99. The van der Waals surface area contributed by atoms with Crippen LogP contribution >= 0.6 is 11.8 Å². The predicted molar refractivity (Wildman–Crippen MR) is 99.4 cm³/mol. The van der Waals surface area contributed by atoms with E-state index in [2.05, 4.69) is 10.3 Å². The van der Waals surface area contributed by atoms with E-state index in [0.29, 0.717) is 17.4 Å². The van der Waals surface area contributed by atoms with Crippen LogP contribution in [0.2, 0.25) is 0 Å². The van der Waals surface area contributed by atoms with Crippen molar-refractivity contribution in [3.63, 3.8) is 0 Å². The van der Waals surface area contributed by atoms with Crippen LogP contribution in [-0.4, -0.2) is 26.3 Å². The number of aliphatic hydroxyl groups excluding tert-OH is 1. The molecule has 0 bridgehead atoms. The number of hydrogen-bond donors (Lipinski definition) is 2. The fraction of sp³-hybridized carbons (Fsp3) is 0.158. The Morgan fingerprint density at radius 3 is 2.58 bits per heavy atom. The van der Waals surface area contributed by atoms with Crippen molar-refractivity contribution in [2.75, 3.05) is 11.1 Å². The van der Waals surface area contributed by atoms with Gasteiger partial charge in [0.1, 0.15) is 5.82 Å². The standard InChI is InChI=1S/C19H18FN3O2S/c20-15-8-6-14(7-9-15)11-23-17(12-24)10-21-19(23)26-13-18(25)22-16-4-2-1-3-5-16/h1-10,24H,11-13H2,(H,22,25). The topological polar surface area (TPSA) is 67.1 Å². The molecule has 0 aliphatic rings. The van der Waals surface area contributed by atoms with Crippen molar-refractivity contribution in [2.45, 2.75) is 18.3 Å². The van der Waals surface area contributed by atoms with E-state index in [4.69, 9.17) is 0 Å². The molecule has 2 aromatic carbocycles. The average molecular weight is 371 g/mol. The molecule has 0 atom stereocenters. The highest BCUT2D eigenvalue weighted by atomic mass is 32.2. The van der Waals surface area contributed by atoms with Gasteiger partial charge in [0.15, 0.2) is 5.16 Å². The van der Waals surface area contributed by atoms with Crippen molar-refractivity contribution in [2.24, 2.45) is 0 Å². The van der Waals surface area contributed by atoms with Crippen molar-refractivity contribution < 1.29 is 14.3 Å². The molecule has 26 heavy (non-hydrogen) atoms. The number of halogens is 1. The van der Waals surface area contributed by atoms with Gasteiger partial charge in [-0.25, -0.2) is 9.37 Å². The number of rotatable bonds is 7. The van der Waals surface area contributed by atoms with Crippen molar-refractivity contribution in [3.05, 3.63) is 77.9 Å². The number of anilines is 1. The van der Waals surface area contributed by atoms with E-state index in [1.807, 2.05) is 34.9 Å². The van der Waals surface area contributed by atoms with Crippen molar-refractivity contribution in [1.29, 1.82) is 0 Å². The molecule has 2 N–H and O–H groups in total. The Labute approximate surface area is 154 Å². The van der Waals surface area contributed by atoms with Crippen molar-refractivity contribution >= 4 is 23.4 Å². The van der Waals surface area contributed by atoms with Gasteiger partial charge in [0.25, 0.3) is 0 Å². The van der Waals surface area contributed by atoms with Gasteiger partial charge >= 0.3 is 0 Å². The predicted octanol–water partition coefficient (Wildman–Crippen LogP) is 3.29. The quantitative estimate of drug-likeness (QED) is 0.626. The van der Waals surface area contributed by atoms with Gasteiger partial charge in [-0.05, 0) is 29.8 Å². The monoisotopic (exact) mass is 371 g/mol. The fourth-order valence-electron chi connectivity index (χ4n) is 2.42. The van der Waals surface area contributed by atoms with Gasteiger partial charge in [0, 0.05) is 12.2 Å². The average Bonchev–Trinajstić information content (AvgIpc) is 3.04. The maximum absolute atomic E-state index is 13.1. The normalized spacial score (nSPS) is 10.7. The van der Waals surface area contributed by atoms with E-state index in [1.54, 1.807) is 18.3 Å². The zero-order valence-corrected chi connectivity index (χ0v) is 14.7. The van der Waals surface area contributed by atoms with Gasteiger partial charge in [0.05, 0.1) is 24.3 Å². The molecule has 0 saturated carbocycles. The molecule has 7 heteroatoms. The Kier molecular flexibility index (Phi) is 6.04. The van der Waals surface area contributed by atoms with Crippen LogP contribution in [0.15, 0.2) is 66.0 Å². The first-order valence-corrected chi connectivity index (χ1v) is 9.01. The minimum absolute atomic E-state index is 0.136. The lowest BCUT2D eigenvalue weighted by molar-refractivity contribution is -0.113. The smallest absolute Gasteiger partial charge is 0.234 e. The maximum Gasteiger partial charge on any atom is 0.234 e. The van der Waals surface area contributed by atoms with Crippen LogP contribution in [0, 0.1) is 5.82 Å². The molecule has 0 unspecified atom stereocenters. The number of carbonyl (C=O) groups is 1.